The van der Waals surface area contributed by atoms with Crippen LogP contribution in [0.3, 0.4) is 0 Å². The van der Waals surface area contributed by atoms with Gasteiger partial charge >= 0.3 is 6.36 Å². The second-order valence-corrected chi connectivity index (χ2v) is 3.67. The van der Waals surface area contributed by atoms with Crippen molar-refractivity contribution in [2.75, 3.05) is 37.5 Å². The summed E-state index contributed by atoms with van der Waals surface area (Å²) in [6, 6.07) is 7.40. The highest BCUT2D eigenvalue weighted by atomic mass is 19.4. The van der Waals surface area contributed by atoms with Crippen molar-refractivity contribution in [1.82, 2.24) is 0 Å². The van der Waals surface area contributed by atoms with Crippen LogP contribution >= 0.6 is 0 Å². The van der Waals surface area contributed by atoms with Gasteiger partial charge < -0.3 is 10.2 Å². The Labute approximate surface area is 98.2 Å². The van der Waals surface area contributed by atoms with E-state index in [0.717, 1.165) is 11.4 Å². The average molecular weight is 248 g/mol. The molecule has 17 heavy (non-hydrogen) atoms. The van der Waals surface area contributed by atoms with Gasteiger partial charge in [-0.2, -0.15) is 0 Å². The third-order valence-corrected chi connectivity index (χ3v) is 2.06. The molecule has 0 heterocycles. The molecule has 0 aromatic heterocycles. The number of alkyl halides is 3. The zero-order chi connectivity index (χ0) is 12.9. The van der Waals surface area contributed by atoms with E-state index in [2.05, 4.69) is 10.1 Å². The molecule has 0 saturated heterocycles. The fourth-order valence-corrected chi connectivity index (χ4v) is 1.26. The van der Waals surface area contributed by atoms with Crippen LogP contribution in [0.25, 0.3) is 0 Å². The van der Waals surface area contributed by atoms with E-state index in [0.29, 0.717) is 0 Å². The number of halogens is 3. The van der Waals surface area contributed by atoms with Crippen molar-refractivity contribution in [3.8, 4) is 0 Å². The molecule has 0 radical (unpaired) electrons. The first-order chi connectivity index (χ1) is 7.88. The third-order valence-electron chi connectivity index (χ3n) is 2.06. The lowest BCUT2D eigenvalue weighted by Crippen LogP contribution is -2.19. The molecule has 6 heteroatoms. The van der Waals surface area contributed by atoms with E-state index < -0.39 is 13.0 Å². The van der Waals surface area contributed by atoms with Gasteiger partial charge in [-0.3, -0.25) is 4.74 Å². The van der Waals surface area contributed by atoms with Gasteiger partial charge in [-0.15, -0.1) is 13.2 Å². The van der Waals surface area contributed by atoms with Gasteiger partial charge in [0.15, 0.2) is 0 Å². The van der Waals surface area contributed by atoms with Gasteiger partial charge in [0.25, 0.3) is 0 Å². The van der Waals surface area contributed by atoms with Crippen LogP contribution in [0.5, 0.6) is 0 Å². The highest BCUT2D eigenvalue weighted by molar-refractivity contribution is 5.57. The van der Waals surface area contributed by atoms with Gasteiger partial charge in [-0.05, 0) is 18.2 Å². The summed E-state index contributed by atoms with van der Waals surface area (Å²) < 4.78 is 38.7. The van der Waals surface area contributed by atoms with Gasteiger partial charge in [0.2, 0.25) is 0 Å². The maximum atomic E-state index is 11.7. The van der Waals surface area contributed by atoms with E-state index in [1.54, 1.807) is 6.07 Å². The molecule has 0 fully saturated rings. The summed E-state index contributed by atoms with van der Waals surface area (Å²) in [6.07, 6.45) is -4.56. The first kappa shape index (κ1) is 13.6. The van der Waals surface area contributed by atoms with Gasteiger partial charge in [0.05, 0.1) is 6.61 Å². The lowest BCUT2D eigenvalue weighted by molar-refractivity contribution is -0.322. The van der Waals surface area contributed by atoms with Gasteiger partial charge in [-0.1, -0.05) is 6.07 Å². The lowest BCUT2D eigenvalue weighted by Gasteiger charge is -2.14. The molecule has 0 aliphatic heterocycles. The number of nitrogens with one attached hydrogen (secondary N) is 1. The molecule has 0 aliphatic rings. The topological polar surface area (TPSA) is 24.5 Å². The van der Waals surface area contributed by atoms with Crippen molar-refractivity contribution >= 4 is 11.4 Å². The van der Waals surface area contributed by atoms with Crippen LogP contribution < -0.4 is 10.2 Å². The Bertz CT molecular complexity index is 353. The molecule has 0 aliphatic carbocycles. The Morgan fingerprint density at radius 1 is 1.29 bits per heavy atom. The Kier molecular flexibility index (Phi) is 4.62. The Morgan fingerprint density at radius 3 is 2.59 bits per heavy atom. The number of rotatable bonds is 5. The van der Waals surface area contributed by atoms with E-state index >= 15 is 0 Å². The minimum atomic E-state index is -4.56. The van der Waals surface area contributed by atoms with E-state index in [-0.39, 0.29) is 6.54 Å². The highest BCUT2D eigenvalue weighted by Gasteiger charge is 2.28. The van der Waals surface area contributed by atoms with E-state index in [1.165, 1.54) is 0 Å². The van der Waals surface area contributed by atoms with Gasteiger partial charge in [0, 0.05) is 32.0 Å². The second kappa shape index (κ2) is 5.77. The fourth-order valence-electron chi connectivity index (χ4n) is 1.26. The molecule has 0 spiro atoms. The van der Waals surface area contributed by atoms with Crippen molar-refractivity contribution in [2.24, 2.45) is 0 Å². The monoisotopic (exact) mass is 248 g/mol. The first-order valence-electron chi connectivity index (χ1n) is 5.10. The van der Waals surface area contributed by atoms with Crippen LogP contribution in [0.2, 0.25) is 0 Å². The Balaban J connectivity index is 2.39. The summed E-state index contributed by atoms with van der Waals surface area (Å²) in [5.41, 5.74) is 1.74. The Morgan fingerprint density at radius 2 is 2.00 bits per heavy atom. The normalized spacial score (nSPS) is 11.4. The van der Waals surface area contributed by atoms with Gasteiger partial charge in [0.1, 0.15) is 0 Å². The number of nitrogens with zero attached hydrogens (tertiary/aromatic N) is 1. The predicted octanol–water partition coefficient (Wildman–Crippen LogP) is 2.70. The zero-order valence-electron chi connectivity index (χ0n) is 9.71. The van der Waals surface area contributed by atoms with Gasteiger partial charge in [-0.25, -0.2) is 0 Å². The molecule has 0 bridgehead atoms. The molecule has 0 atom stereocenters. The SMILES string of the molecule is CN(C)c1cccc(NCCOC(F)(F)F)c1. The number of hydrogen-bond donors (Lipinski definition) is 1. The molecule has 0 unspecified atom stereocenters. The minimum Gasteiger partial charge on any atom is -0.383 e. The quantitative estimate of drug-likeness (QED) is 0.811. The number of benzene rings is 1. The maximum Gasteiger partial charge on any atom is 0.522 e. The molecule has 1 aromatic rings. The van der Waals surface area contributed by atoms with Crippen molar-refractivity contribution in [3.63, 3.8) is 0 Å². The molecule has 0 saturated carbocycles. The third kappa shape index (κ3) is 5.44. The summed E-state index contributed by atoms with van der Waals surface area (Å²) in [4.78, 5) is 1.91. The smallest absolute Gasteiger partial charge is 0.383 e. The predicted molar refractivity (Wildman–Crippen MR) is 61.3 cm³/mol. The largest absolute Gasteiger partial charge is 0.522 e. The fraction of sp³-hybridized carbons (Fsp3) is 0.455. The average Bonchev–Trinajstić information content (AvgIpc) is 2.23. The van der Waals surface area contributed by atoms with Crippen LogP contribution in [0.1, 0.15) is 0 Å². The van der Waals surface area contributed by atoms with Crippen LogP contribution in [-0.2, 0) is 4.74 Å². The second-order valence-electron chi connectivity index (χ2n) is 3.67. The molecule has 1 N–H and O–H groups in total. The number of hydrogen-bond acceptors (Lipinski definition) is 3. The van der Waals surface area contributed by atoms with Crippen LogP contribution in [0.15, 0.2) is 24.3 Å². The van der Waals surface area contributed by atoms with Crippen LogP contribution in [-0.4, -0.2) is 33.6 Å². The summed E-state index contributed by atoms with van der Waals surface area (Å²) in [5, 5.41) is 2.86. The molecule has 96 valence electrons. The lowest BCUT2D eigenvalue weighted by atomic mass is 10.2. The van der Waals surface area contributed by atoms with Crippen LogP contribution in [0.4, 0.5) is 24.5 Å². The summed E-state index contributed by atoms with van der Waals surface area (Å²) in [5.74, 6) is 0. The standard InChI is InChI=1S/C11H15F3N2O/c1-16(2)10-5-3-4-9(8-10)15-6-7-17-11(12,13)14/h3-5,8,15H,6-7H2,1-2H3. The molecule has 1 aromatic carbocycles. The first-order valence-corrected chi connectivity index (χ1v) is 5.10. The molecule has 3 nitrogen and oxygen atoms in total. The molecular formula is C11H15F3N2O. The number of ether oxygens (including phenoxy) is 1. The van der Waals surface area contributed by atoms with E-state index in [4.69, 9.17) is 0 Å². The van der Waals surface area contributed by atoms with E-state index in [1.807, 2.05) is 37.2 Å². The highest BCUT2D eigenvalue weighted by Crippen LogP contribution is 2.18. The zero-order valence-corrected chi connectivity index (χ0v) is 9.71. The van der Waals surface area contributed by atoms with Crippen molar-refractivity contribution < 1.29 is 17.9 Å². The molecular weight excluding hydrogens is 233 g/mol. The minimum absolute atomic E-state index is 0.108. The van der Waals surface area contributed by atoms with E-state index in [9.17, 15) is 13.2 Å². The maximum absolute atomic E-state index is 11.7. The van der Waals surface area contributed by atoms with Crippen molar-refractivity contribution in [2.45, 2.75) is 6.36 Å². The summed E-state index contributed by atoms with van der Waals surface area (Å²) in [6.45, 7) is -0.300. The summed E-state index contributed by atoms with van der Waals surface area (Å²) in [7, 11) is 3.79. The Hall–Kier alpha value is -1.43. The molecule has 0 amide bonds. The van der Waals surface area contributed by atoms with Crippen molar-refractivity contribution in [3.05, 3.63) is 24.3 Å². The molecule has 1 rings (SSSR count). The van der Waals surface area contributed by atoms with Crippen LogP contribution in [0, 0.1) is 0 Å². The van der Waals surface area contributed by atoms with Crippen molar-refractivity contribution in [1.29, 1.82) is 0 Å². The number of anilines is 2. The summed E-state index contributed by atoms with van der Waals surface area (Å²) >= 11 is 0.